The highest BCUT2D eigenvalue weighted by Gasteiger charge is 2.37. The first-order valence-corrected chi connectivity index (χ1v) is 9.47. The molecule has 5 rings (SSSR count). The standard InChI is InChI=1S/C21H25N3O3/c1-27-19-7-3-15(4-8-19)11-23-12-16-2-6-18(14-23)24(13-16)21(26)17-5-9-20(25)22-10-17/h3-5,7-10,16,18H,2,6,11-14H2,1H3,(H,22,25)/t16-,18+/m1/s1. The minimum atomic E-state index is -0.186. The first kappa shape index (κ1) is 17.8. The summed E-state index contributed by atoms with van der Waals surface area (Å²) in [4.78, 5) is 31.3. The number of ether oxygens (including phenoxy) is 1. The number of nitrogens with zero attached hydrogens (tertiary/aromatic N) is 2. The highest BCUT2D eigenvalue weighted by Crippen LogP contribution is 2.30. The summed E-state index contributed by atoms with van der Waals surface area (Å²) >= 11 is 0. The summed E-state index contributed by atoms with van der Waals surface area (Å²) in [6.45, 7) is 3.58. The molecule has 6 nitrogen and oxygen atoms in total. The maximum absolute atomic E-state index is 13.0. The van der Waals surface area contributed by atoms with E-state index in [0.29, 0.717) is 11.5 Å². The molecule has 142 valence electrons. The van der Waals surface area contributed by atoms with Crippen LogP contribution in [0, 0.1) is 5.92 Å². The third kappa shape index (κ3) is 3.90. The quantitative estimate of drug-likeness (QED) is 0.899. The van der Waals surface area contributed by atoms with Gasteiger partial charge in [0.05, 0.1) is 12.7 Å². The summed E-state index contributed by atoms with van der Waals surface area (Å²) in [6, 6.07) is 11.5. The first-order chi connectivity index (χ1) is 13.1. The van der Waals surface area contributed by atoms with Crippen molar-refractivity contribution < 1.29 is 9.53 Å². The minimum absolute atomic E-state index is 0.0206. The van der Waals surface area contributed by atoms with Crippen molar-refractivity contribution in [2.75, 3.05) is 26.7 Å². The van der Waals surface area contributed by atoms with Crippen LogP contribution < -0.4 is 10.3 Å². The van der Waals surface area contributed by atoms with Crippen LogP contribution in [0.1, 0.15) is 28.8 Å². The summed E-state index contributed by atoms with van der Waals surface area (Å²) in [6.07, 6.45) is 3.73. The van der Waals surface area contributed by atoms with Crippen molar-refractivity contribution in [2.45, 2.75) is 25.4 Å². The number of rotatable bonds is 4. The normalized spacial score (nSPS) is 22.5. The molecule has 3 aliphatic heterocycles. The second-order valence-electron chi connectivity index (χ2n) is 7.54. The average molecular weight is 367 g/mol. The fraction of sp³-hybridized carbons (Fsp3) is 0.429. The third-order valence-corrected chi connectivity index (χ3v) is 5.65. The molecule has 0 radical (unpaired) electrons. The van der Waals surface area contributed by atoms with Crippen LogP contribution in [-0.4, -0.2) is 53.5 Å². The molecule has 0 unspecified atom stereocenters. The van der Waals surface area contributed by atoms with Gasteiger partial charge >= 0.3 is 0 Å². The van der Waals surface area contributed by atoms with Crippen LogP contribution in [0.5, 0.6) is 5.75 Å². The number of carbonyl (C=O) groups excluding carboxylic acids is 1. The molecule has 1 aromatic carbocycles. The van der Waals surface area contributed by atoms with Gasteiger partial charge in [-0.15, -0.1) is 0 Å². The van der Waals surface area contributed by atoms with Crippen molar-refractivity contribution in [1.82, 2.24) is 14.8 Å². The third-order valence-electron chi connectivity index (χ3n) is 5.65. The van der Waals surface area contributed by atoms with E-state index in [1.54, 1.807) is 13.2 Å². The SMILES string of the molecule is COc1ccc(CN2C[C@H]3CC[C@@H](C2)N(C(=O)c2ccc(=O)[nH]c2)C3)cc1. The Bertz CT molecular complexity index is 841. The molecule has 1 N–H and O–H groups in total. The fourth-order valence-electron chi connectivity index (χ4n) is 4.26. The van der Waals surface area contributed by atoms with E-state index in [4.69, 9.17) is 4.74 Å². The van der Waals surface area contributed by atoms with Gasteiger partial charge in [0.2, 0.25) is 5.56 Å². The lowest BCUT2D eigenvalue weighted by molar-refractivity contribution is 0.0584. The molecule has 2 bridgehead atoms. The van der Waals surface area contributed by atoms with Crippen LogP contribution in [-0.2, 0) is 6.54 Å². The molecule has 0 aliphatic carbocycles. The number of nitrogens with one attached hydrogen (secondary N) is 1. The molecular weight excluding hydrogens is 342 g/mol. The van der Waals surface area contributed by atoms with E-state index < -0.39 is 0 Å². The lowest BCUT2D eigenvalue weighted by Crippen LogP contribution is -2.47. The van der Waals surface area contributed by atoms with Crippen LogP contribution in [0.4, 0.5) is 0 Å². The predicted octanol–water partition coefficient (Wildman–Crippen LogP) is 2.12. The molecule has 2 aromatic rings. The molecule has 1 aromatic heterocycles. The number of benzene rings is 1. The van der Waals surface area contributed by atoms with E-state index in [2.05, 4.69) is 22.0 Å². The van der Waals surface area contributed by atoms with Crippen LogP contribution >= 0.6 is 0 Å². The monoisotopic (exact) mass is 367 g/mol. The van der Waals surface area contributed by atoms with Crippen molar-refractivity contribution >= 4 is 5.91 Å². The number of H-pyrrole nitrogens is 1. The number of amides is 1. The van der Waals surface area contributed by atoms with Crippen molar-refractivity contribution in [3.8, 4) is 5.75 Å². The van der Waals surface area contributed by atoms with Crippen molar-refractivity contribution in [3.63, 3.8) is 0 Å². The Morgan fingerprint density at radius 1 is 1.11 bits per heavy atom. The summed E-state index contributed by atoms with van der Waals surface area (Å²) in [5, 5.41) is 0. The number of hydrogen-bond donors (Lipinski definition) is 1. The van der Waals surface area contributed by atoms with Crippen LogP contribution in [0.3, 0.4) is 0 Å². The van der Waals surface area contributed by atoms with Crippen LogP contribution in [0.15, 0.2) is 47.4 Å². The summed E-state index contributed by atoms with van der Waals surface area (Å²) in [5.41, 5.74) is 1.63. The largest absolute Gasteiger partial charge is 0.497 e. The molecule has 3 fully saturated rings. The molecule has 0 spiro atoms. The van der Waals surface area contributed by atoms with Gasteiger partial charge in [0.25, 0.3) is 5.91 Å². The molecule has 3 aliphatic rings. The van der Waals surface area contributed by atoms with Crippen LogP contribution in [0.2, 0.25) is 0 Å². The maximum Gasteiger partial charge on any atom is 0.255 e. The van der Waals surface area contributed by atoms with E-state index in [1.807, 2.05) is 17.0 Å². The van der Waals surface area contributed by atoms with Crippen molar-refractivity contribution in [2.24, 2.45) is 5.92 Å². The fourth-order valence-corrected chi connectivity index (χ4v) is 4.26. The Morgan fingerprint density at radius 3 is 2.63 bits per heavy atom. The second-order valence-corrected chi connectivity index (χ2v) is 7.54. The molecule has 2 atom stereocenters. The Morgan fingerprint density at radius 2 is 1.93 bits per heavy atom. The molecule has 27 heavy (non-hydrogen) atoms. The van der Waals surface area contributed by atoms with Gasteiger partial charge in [-0.25, -0.2) is 0 Å². The lowest BCUT2D eigenvalue weighted by atomic mass is 9.94. The Hall–Kier alpha value is -2.60. The molecule has 0 saturated carbocycles. The zero-order chi connectivity index (χ0) is 18.8. The van der Waals surface area contributed by atoms with E-state index >= 15 is 0 Å². The highest BCUT2D eigenvalue weighted by molar-refractivity contribution is 5.94. The predicted molar refractivity (Wildman–Crippen MR) is 103 cm³/mol. The first-order valence-electron chi connectivity index (χ1n) is 9.47. The van der Waals surface area contributed by atoms with Crippen LogP contribution in [0.25, 0.3) is 0 Å². The summed E-state index contributed by atoms with van der Waals surface area (Å²) < 4.78 is 5.23. The van der Waals surface area contributed by atoms with E-state index in [-0.39, 0.29) is 17.5 Å². The number of aromatic nitrogens is 1. The number of methoxy groups -OCH3 is 1. The van der Waals surface area contributed by atoms with Gasteiger partial charge in [-0.2, -0.15) is 0 Å². The Kier molecular flexibility index (Phi) is 4.99. The molecule has 4 heterocycles. The number of aromatic amines is 1. The maximum atomic E-state index is 13.0. The average Bonchev–Trinajstić information content (AvgIpc) is 2.99. The topological polar surface area (TPSA) is 65.6 Å². The highest BCUT2D eigenvalue weighted by atomic mass is 16.5. The van der Waals surface area contributed by atoms with E-state index in [0.717, 1.165) is 38.3 Å². The van der Waals surface area contributed by atoms with Gasteiger partial charge in [-0.1, -0.05) is 12.1 Å². The molecule has 6 heteroatoms. The number of pyridine rings is 1. The van der Waals surface area contributed by atoms with Gasteiger partial charge in [0.15, 0.2) is 0 Å². The number of hydrogen-bond acceptors (Lipinski definition) is 4. The smallest absolute Gasteiger partial charge is 0.255 e. The number of fused-ring (bicyclic) bond motifs is 4. The molecule has 1 amide bonds. The molecular formula is C21H25N3O3. The Balaban J connectivity index is 1.47. The van der Waals surface area contributed by atoms with Gasteiger partial charge in [-0.3, -0.25) is 14.5 Å². The molecule has 3 saturated heterocycles. The van der Waals surface area contributed by atoms with Gasteiger partial charge in [-0.05, 0) is 42.5 Å². The van der Waals surface area contributed by atoms with Gasteiger partial charge in [0, 0.05) is 44.5 Å². The van der Waals surface area contributed by atoms with E-state index in [9.17, 15) is 9.59 Å². The summed E-state index contributed by atoms with van der Waals surface area (Å²) in [5.74, 6) is 1.38. The van der Waals surface area contributed by atoms with Crippen molar-refractivity contribution in [3.05, 3.63) is 64.1 Å². The lowest BCUT2D eigenvalue weighted by Gasteiger charge is -2.36. The zero-order valence-electron chi connectivity index (χ0n) is 15.6. The zero-order valence-corrected chi connectivity index (χ0v) is 15.6. The van der Waals surface area contributed by atoms with Gasteiger partial charge < -0.3 is 14.6 Å². The summed E-state index contributed by atoms with van der Waals surface area (Å²) in [7, 11) is 1.68. The second kappa shape index (κ2) is 7.56. The Labute approximate surface area is 158 Å². The van der Waals surface area contributed by atoms with E-state index in [1.165, 1.54) is 24.2 Å². The van der Waals surface area contributed by atoms with Crippen molar-refractivity contribution in [1.29, 1.82) is 0 Å². The van der Waals surface area contributed by atoms with Gasteiger partial charge in [0.1, 0.15) is 5.75 Å². The number of carbonyl (C=O) groups is 1. The number of piperidine rings is 1. The minimum Gasteiger partial charge on any atom is -0.497 e.